The van der Waals surface area contributed by atoms with E-state index in [0.29, 0.717) is 5.69 Å². The van der Waals surface area contributed by atoms with E-state index in [9.17, 15) is 14.7 Å². The molecule has 0 saturated carbocycles. The Morgan fingerprint density at radius 3 is 2.55 bits per heavy atom. The van der Waals surface area contributed by atoms with Gasteiger partial charge in [-0.1, -0.05) is 32.0 Å². The SMILES string of the molecule is CC1(C)CC(=O)C(C(=O)Nc2ccccc2)=C(O)C1Cl. The molecule has 5 heteroatoms. The summed E-state index contributed by atoms with van der Waals surface area (Å²) in [6, 6.07) is 8.74. The number of alkyl halides is 1. The highest BCUT2D eigenvalue weighted by Gasteiger charge is 2.43. The number of aliphatic hydroxyl groups excluding tert-OH is 1. The van der Waals surface area contributed by atoms with Crippen molar-refractivity contribution >= 4 is 29.0 Å². The summed E-state index contributed by atoms with van der Waals surface area (Å²) in [5.74, 6) is -1.36. The number of allylic oxidation sites excluding steroid dienone is 1. The molecule has 2 rings (SSSR count). The van der Waals surface area contributed by atoms with Crippen molar-refractivity contribution in [3.8, 4) is 0 Å². The second-order valence-corrected chi connectivity index (χ2v) is 5.97. The quantitative estimate of drug-likeness (QED) is 0.650. The molecule has 106 valence electrons. The van der Waals surface area contributed by atoms with Gasteiger partial charge in [0.05, 0.1) is 5.38 Å². The Bertz CT molecular complexity index is 578. The Balaban J connectivity index is 2.29. The molecule has 0 bridgehead atoms. The zero-order chi connectivity index (χ0) is 14.9. The molecule has 0 aromatic heterocycles. The van der Waals surface area contributed by atoms with Crippen LogP contribution in [0.1, 0.15) is 20.3 Å². The number of rotatable bonds is 2. The second-order valence-electron chi connectivity index (χ2n) is 5.53. The number of Topliss-reactive ketones (excluding diaryl/α,β-unsaturated/α-hetero) is 1. The maximum Gasteiger partial charge on any atom is 0.262 e. The standard InChI is InChI=1S/C15H16ClNO3/c1-15(2)8-10(18)11(12(19)13(15)16)14(20)17-9-6-4-3-5-7-9/h3-7,13,19H,8H2,1-2H3,(H,17,20). The highest BCUT2D eigenvalue weighted by molar-refractivity contribution is 6.29. The summed E-state index contributed by atoms with van der Waals surface area (Å²) >= 11 is 6.13. The molecule has 1 aliphatic carbocycles. The van der Waals surface area contributed by atoms with E-state index >= 15 is 0 Å². The lowest BCUT2D eigenvalue weighted by molar-refractivity contribution is -0.122. The zero-order valence-electron chi connectivity index (χ0n) is 11.3. The summed E-state index contributed by atoms with van der Waals surface area (Å²) in [5.41, 5.74) is -0.256. The molecule has 0 radical (unpaired) electrons. The van der Waals surface area contributed by atoms with Crippen molar-refractivity contribution in [3.63, 3.8) is 0 Å². The van der Waals surface area contributed by atoms with E-state index in [1.54, 1.807) is 38.1 Å². The minimum absolute atomic E-state index is 0.128. The number of carbonyl (C=O) groups excluding carboxylic acids is 2. The molecular weight excluding hydrogens is 278 g/mol. The van der Waals surface area contributed by atoms with Gasteiger partial charge in [-0.25, -0.2) is 0 Å². The summed E-state index contributed by atoms with van der Waals surface area (Å²) in [4.78, 5) is 24.2. The number of amides is 1. The fourth-order valence-electron chi connectivity index (χ4n) is 2.19. The summed E-state index contributed by atoms with van der Waals surface area (Å²) in [7, 11) is 0. The fourth-order valence-corrected chi connectivity index (χ4v) is 2.38. The number of nitrogens with one attached hydrogen (secondary N) is 1. The topological polar surface area (TPSA) is 66.4 Å². The van der Waals surface area contributed by atoms with Gasteiger partial charge in [0.1, 0.15) is 11.3 Å². The molecule has 0 saturated heterocycles. The van der Waals surface area contributed by atoms with Crippen LogP contribution in [0.2, 0.25) is 0 Å². The predicted molar refractivity (Wildman–Crippen MR) is 77.8 cm³/mol. The number of anilines is 1. The van der Waals surface area contributed by atoms with Crippen molar-refractivity contribution in [1.29, 1.82) is 0 Å². The van der Waals surface area contributed by atoms with E-state index in [1.165, 1.54) is 0 Å². The first kappa shape index (κ1) is 14.6. The minimum atomic E-state index is -0.753. The smallest absolute Gasteiger partial charge is 0.262 e. The van der Waals surface area contributed by atoms with Crippen molar-refractivity contribution < 1.29 is 14.7 Å². The summed E-state index contributed by atoms with van der Waals surface area (Å²) in [5, 5.41) is 11.9. The molecule has 1 aromatic rings. The van der Waals surface area contributed by atoms with E-state index in [0.717, 1.165) is 0 Å². The predicted octanol–water partition coefficient (Wildman–Crippen LogP) is 3.04. The highest BCUT2D eigenvalue weighted by atomic mass is 35.5. The number of hydrogen-bond donors (Lipinski definition) is 2. The lowest BCUT2D eigenvalue weighted by Gasteiger charge is -2.33. The number of carbonyl (C=O) groups is 2. The fraction of sp³-hybridized carbons (Fsp3) is 0.333. The van der Waals surface area contributed by atoms with Gasteiger partial charge in [0.15, 0.2) is 5.78 Å². The summed E-state index contributed by atoms with van der Waals surface area (Å²) in [6.45, 7) is 3.56. The molecule has 0 heterocycles. The van der Waals surface area contributed by atoms with Crippen molar-refractivity contribution in [1.82, 2.24) is 0 Å². The number of hydrogen-bond acceptors (Lipinski definition) is 3. The molecule has 1 atom stereocenters. The molecule has 2 N–H and O–H groups in total. The third kappa shape index (κ3) is 2.70. The molecule has 1 unspecified atom stereocenters. The van der Waals surface area contributed by atoms with Gasteiger partial charge in [0, 0.05) is 12.1 Å². The molecule has 20 heavy (non-hydrogen) atoms. The van der Waals surface area contributed by atoms with Crippen LogP contribution in [-0.4, -0.2) is 22.2 Å². The Kier molecular flexibility index (Phi) is 3.86. The Hall–Kier alpha value is -1.81. The normalized spacial score (nSPS) is 21.8. The lowest BCUT2D eigenvalue weighted by atomic mass is 9.76. The van der Waals surface area contributed by atoms with E-state index in [1.807, 2.05) is 6.07 Å². The highest BCUT2D eigenvalue weighted by Crippen LogP contribution is 2.39. The van der Waals surface area contributed by atoms with Gasteiger partial charge >= 0.3 is 0 Å². The second kappa shape index (κ2) is 5.29. The average Bonchev–Trinajstić information content (AvgIpc) is 2.37. The monoisotopic (exact) mass is 293 g/mol. The van der Waals surface area contributed by atoms with E-state index < -0.39 is 22.5 Å². The Morgan fingerprint density at radius 1 is 1.35 bits per heavy atom. The van der Waals surface area contributed by atoms with Gasteiger partial charge < -0.3 is 10.4 Å². The first-order valence-corrected chi connectivity index (χ1v) is 6.73. The van der Waals surface area contributed by atoms with Crippen LogP contribution >= 0.6 is 11.6 Å². The number of ketones is 1. The van der Waals surface area contributed by atoms with Crippen molar-refractivity contribution in [2.45, 2.75) is 25.6 Å². The van der Waals surface area contributed by atoms with Crippen molar-refractivity contribution in [2.75, 3.05) is 5.32 Å². The van der Waals surface area contributed by atoms with Crippen LogP contribution in [0.5, 0.6) is 0 Å². The van der Waals surface area contributed by atoms with Crippen LogP contribution in [0.3, 0.4) is 0 Å². The number of para-hydroxylation sites is 1. The van der Waals surface area contributed by atoms with Crippen LogP contribution in [0, 0.1) is 5.41 Å². The zero-order valence-corrected chi connectivity index (χ0v) is 12.1. The van der Waals surface area contributed by atoms with Gasteiger partial charge in [0.25, 0.3) is 5.91 Å². The minimum Gasteiger partial charge on any atom is -0.510 e. The third-order valence-electron chi connectivity index (χ3n) is 3.34. The van der Waals surface area contributed by atoms with E-state index in [-0.39, 0.29) is 17.8 Å². The van der Waals surface area contributed by atoms with Gasteiger partial charge in [-0.3, -0.25) is 9.59 Å². The molecular formula is C15H16ClNO3. The maximum atomic E-state index is 12.1. The van der Waals surface area contributed by atoms with E-state index in [4.69, 9.17) is 11.6 Å². The first-order chi connectivity index (χ1) is 9.33. The van der Waals surface area contributed by atoms with Gasteiger partial charge in [-0.15, -0.1) is 11.6 Å². The molecule has 0 fully saturated rings. The van der Waals surface area contributed by atoms with Crippen LogP contribution in [0.15, 0.2) is 41.7 Å². The van der Waals surface area contributed by atoms with Crippen molar-refractivity contribution in [2.24, 2.45) is 5.41 Å². The number of aliphatic hydroxyl groups is 1. The van der Waals surface area contributed by atoms with Crippen molar-refractivity contribution in [3.05, 3.63) is 41.7 Å². The van der Waals surface area contributed by atoms with Crippen LogP contribution in [0.25, 0.3) is 0 Å². The number of benzene rings is 1. The van der Waals surface area contributed by atoms with Crippen LogP contribution in [0.4, 0.5) is 5.69 Å². The number of halogens is 1. The van der Waals surface area contributed by atoms with Gasteiger partial charge in [-0.05, 0) is 17.5 Å². The molecule has 0 aliphatic heterocycles. The first-order valence-electron chi connectivity index (χ1n) is 6.30. The maximum absolute atomic E-state index is 12.1. The largest absolute Gasteiger partial charge is 0.510 e. The molecule has 4 nitrogen and oxygen atoms in total. The molecule has 1 amide bonds. The van der Waals surface area contributed by atoms with Crippen LogP contribution < -0.4 is 5.32 Å². The summed E-state index contributed by atoms with van der Waals surface area (Å²) < 4.78 is 0. The molecule has 1 aromatic carbocycles. The molecule has 1 aliphatic rings. The third-order valence-corrected chi connectivity index (χ3v) is 4.13. The Morgan fingerprint density at radius 2 is 1.95 bits per heavy atom. The van der Waals surface area contributed by atoms with Crippen LogP contribution in [-0.2, 0) is 9.59 Å². The van der Waals surface area contributed by atoms with Gasteiger partial charge in [-0.2, -0.15) is 0 Å². The van der Waals surface area contributed by atoms with Gasteiger partial charge in [0.2, 0.25) is 0 Å². The lowest BCUT2D eigenvalue weighted by Crippen LogP contribution is -2.39. The average molecular weight is 294 g/mol. The molecule has 0 spiro atoms. The summed E-state index contributed by atoms with van der Waals surface area (Å²) in [6.07, 6.45) is 0.128. The van der Waals surface area contributed by atoms with E-state index in [2.05, 4.69) is 5.32 Å². The Labute approximate surface area is 122 Å².